The third-order valence-electron chi connectivity index (χ3n) is 3.73. The van der Waals surface area contributed by atoms with Crippen LogP contribution in [0.2, 0.25) is 0 Å². The van der Waals surface area contributed by atoms with E-state index in [0.29, 0.717) is 23.8 Å². The van der Waals surface area contributed by atoms with E-state index in [1.54, 1.807) is 12.1 Å². The summed E-state index contributed by atoms with van der Waals surface area (Å²) in [6.45, 7) is 8.79. The van der Waals surface area contributed by atoms with Gasteiger partial charge in [-0.3, -0.25) is 0 Å². The summed E-state index contributed by atoms with van der Waals surface area (Å²) in [5.41, 5.74) is 0.663. The van der Waals surface area contributed by atoms with Crippen LogP contribution in [0.3, 0.4) is 0 Å². The van der Waals surface area contributed by atoms with Crippen molar-refractivity contribution in [1.29, 1.82) is 0 Å². The maximum Gasteiger partial charge on any atom is 0.119 e. The molecule has 0 aliphatic heterocycles. The molecule has 2 heteroatoms. The predicted molar refractivity (Wildman–Crippen MR) is 80.7 cm³/mol. The maximum absolute atomic E-state index is 8.79. The molecule has 108 valence electrons. The van der Waals surface area contributed by atoms with Crippen LogP contribution in [0, 0.1) is 5.92 Å². The third-order valence-corrected chi connectivity index (χ3v) is 3.73. The number of hydrogen-bond acceptors (Lipinski definition) is 2. The number of ether oxygens (including phenoxy) is 1. The Morgan fingerprint density at radius 3 is 2.47 bits per heavy atom. The minimum absolute atomic E-state index is 0.0660. The molecule has 0 aromatic heterocycles. The first-order chi connectivity index (χ1) is 9.84. The van der Waals surface area contributed by atoms with Gasteiger partial charge in [0.15, 0.2) is 0 Å². The molecule has 19 heavy (non-hydrogen) atoms. The van der Waals surface area contributed by atoms with Crippen molar-refractivity contribution in [3.8, 4) is 5.75 Å². The zero-order valence-electron chi connectivity index (χ0n) is 14.6. The summed E-state index contributed by atoms with van der Waals surface area (Å²) in [4.78, 5) is 0. The highest BCUT2D eigenvalue weighted by Gasteiger charge is 2.24. The minimum Gasteiger partial charge on any atom is -0.491 e. The molecule has 1 rings (SSSR count). The lowest BCUT2D eigenvalue weighted by molar-refractivity contribution is 0.201. The van der Waals surface area contributed by atoms with Crippen LogP contribution in [0.15, 0.2) is 24.2 Å². The van der Waals surface area contributed by atoms with Gasteiger partial charge in [-0.25, -0.2) is 0 Å². The first kappa shape index (κ1) is 13.0. The van der Waals surface area contributed by atoms with Crippen LogP contribution in [0.4, 0.5) is 0 Å². The van der Waals surface area contributed by atoms with Gasteiger partial charge in [-0.2, -0.15) is 0 Å². The van der Waals surface area contributed by atoms with Gasteiger partial charge in [0, 0.05) is 0 Å². The van der Waals surface area contributed by atoms with E-state index in [4.69, 9.17) is 12.6 Å². The molecule has 0 spiro atoms. The van der Waals surface area contributed by atoms with Crippen LogP contribution in [-0.2, 0) is 5.41 Å². The Morgan fingerprint density at radius 2 is 2.00 bits per heavy atom. The van der Waals surface area contributed by atoms with Gasteiger partial charge in [0.2, 0.25) is 0 Å². The lowest BCUT2D eigenvalue weighted by Gasteiger charge is -2.30. The SMILES string of the molecule is [2H]c1cc(OCCO)cc([2H])c1C(C)(CC)CCC(C)C. The Labute approximate surface area is 120 Å². The van der Waals surface area contributed by atoms with Gasteiger partial charge in [0.25, 0.3) is 0 Å². The fourth-order valence-corrected chi connectivity index (χ4v) is 2.05. The highest BCUT2D eigenvalue weighted by molar-refractivity contribution is 5.32. The fraction of sp³-hybridized carbons (Fsp3) is 0.647. The normalized spacial score (nSPS) is 15.9. The van der Waals surface area contributed by atoms with Crippen molar-refractivity contribution >= 4 is 0 Å². The number of rotatable bonds is 8. The number of aliphatic hydroxyl groups is 1. The molecule has 0 bridgehead atoms. The Bertz CT molecular complexity index is 437. The molecule has 0 heterocycles. The average Bonchev–Trinajstić information content (AvgIpc) is 2.42. The molecule has 0 aliphatic rings. The van der Waals surface area contributed by atoms with Crippen LogP contribution in [0.25, 0.3) is 0 Å². The largest absolute Gasteiger partial charge is 0.491 e. The van der Waals surface area contributed by atoms with Crippen LogP contribution in [0.1, 0.15) is 55.3 Å². The second-order valence-electron chi connectivity index (χ2n) is 5.77. The van der Waals surface area contributed by atoms with Crippen molar-refractivity contribution < 1.29 is 12.6 Å². The molecular formula is C17H28O2. The van der Waals surface area contributed by atoms with Crippen LogP contribution in [-0.4, -0.2) is 18.3 Å². The standard InChI is InChI=1S/C17H28O2/c1-5-17(4,11-10-14(2)3)15-6-8-16(9-7-15)19-13-12-18/h6-9,14,18H,5,10-13H2,1-4H3/i6D,7D. The van der Waals surface area contributed by atoms with E-state index in [9.17, 15) is 0 Å². The van der Waals surface area contributed by atoms with Crippen molar-refractivity contribution in [2.45, 2.75) is 52.4 Å². The monoisotopic (exact) mass is 266 g/mol. The smallest absolute Gasteiger partial charge is 0.119 e. The molecule has 0 saturated heterocycles. The van der Waals surface area contributed by atoms with E-state index in [1.807, 2.05) is 0 Å². The van der Waals surface area contributed by atoms with Crippen molar-refractivity contribution in [1.82, 2.24) is 0 Å². The summed E-state index contributed by atoms with van der Waals surface area (Å²) < 4.78 is 21.9. The number of benzene rings is 1. The Morgan fingerprint density at radius 1 is 1.37 bits per heavy atom. The first-order valence-electron chi connectivity index (χ1n) is 8.19. The predicted octanol–water partition coefficient (Wildman–Crippen LogP) is 4.16. The molecule has 1 unspecified atom stereocenters. The fourth-order valence-electron chi connectivity index (χ4n) is 2.05. The van der Waals surface area contributed by atoms with Gasteiger partial charge in [-0.05, 0) is 41.9 Å². The van der Waals surface area contributed by atoms with Gasteiger partial charge >= 0.3 is 0 Å². The minimum atomic E-state index is -0.145. The molecule has 0 fully saturated rings. The Kier molecular flexibility index (Phi) is 5.15. The van der Waals surface area contributed by atoms with Gasteiger partial charge in [-0.1, -0.05) is 46.2 Å². The summed E-state index contributed by atoms with van der Waals surface area (Å²) in [6, 6.07) is 4.05. The van der Waals surface area contributed by atoms with Crippen molar-refractivity contribution in [3.63, 3.8) is 0 Å². The molecule has 1 aromatic rings. The first-order valence-corrected chi connectivity index (χ1v) is 7.19. The summed E-state index contributed by atoms with van der Waals surface area (Å²) in [5, 5.41) is 8.79. The van der Waals surface area contributed by atoms with E-state index in [1.165, 1.54) is 0 Å². The molecule has 2 nitrogen and oxygen atoms in total. The quantitative estimate of drug-likeness (QED) is 0.765. The van der Waals surface area contributed by atoms with E-state index < -0.39 is 0 Å². The van der Waals surface area contributed by atoms with Crippen LogP contribution < -0.4 is 4.74 Å². The molecule has 1 N–H and O–H groups in total. The van der Waals surface area contributed by atoms with Crippen molar-refractivity contribution in [2.24, 2.45) is 5.92 Å². The van der Waals surface area contributed by atoms with Crippen LogP contribution >= 0.6 is 0 Å². The van der Waals surface area contributed by atoms with Crippen LogP contribution in [0.5, 0.6) is 5.75 Å². The molecule has 0 radical (unpaired) electrons. The molecular weight excluding hydrogens is 236 g/mol. The number of aliphatic hydroxyl groups excluding tert-OH is 1. The van der Waals surface area contributed by atoms with Gasteiger partial charge < -0.3 is 9.84 Å². The number of hydrogen-bond donors (Lipinski definition) is 1. The third kappa shape index (κ3) is 4.87. The van der Waals surface area contributed by atoms with Gasteiger partial charge in [-0.15, -0.1) is 0 Å². The molecule has 0 aliphatic carbocycles. The van der Waals surface area contributed by atoms with Crippen molar-refractivity contribution in [2.75, 3.05) is 13.2 Å². The second-order valence-corrected chi connectivity index (χ2v) is 5.77. The van der Waals surface area contributed by atoms with Gasteiger partial charge in [0.1, 0.15) is 12.4 Å². The zero-order valence-corrected chi connectivity index (χ0v) is 12.6. The molecule has 1 aromatic carbocycles. The van der Waals surface area contributed by atoms with Gasteiger partial charge in [0.05, 0.1) is 9.35 Å². The molecule has 0 saturated carbocycles. The Hall–Kier alpha value is -1.02. The molecule has 0 amide bonds. The Balaban J connectivity index is 3.09. The van der Waals surface area contributed by atoms with E-state index in [0.717, 1.165) is 24.8 Å². The second kappa shape index (κ2) is 7.54. The summed E-state index contributed by atoms with van der Waals surface area (Å²) in [6.07, 6.45) is 2.98. The lowest BCUT2D eigenvalue weighted by atomic mass is 9.75. The molecule has 1 atom stereocenters. The summed E-state index contributed by atoms with van der Waals surface area (Å²) >= 11 is 0. The van der Waals surface area contributed by atoms with Crippen molar-refractivity contribution in [3.05, 3.63) is 29.8 Å². The maximum atomic E-state index is 8.79. The highest BCUT2D eigenvalue weighted by atomic mass is 16.5. The topological polar surface area (TPSA) is 29.5 Å². The zero-order chi connectivity index (χ0) is 16.0. The van der Waals surface area contributed by atoms with E-state index >= 15 is 0 Å². The van der Waals surface area contributed by atoms with E-state index in [-0.39, 0.29) is 18.6 Å². The highest BCUT2D eigenvalue weighted by Crippen LogP contribution is 2.34. The average molecular weight is 266 g/mol. The lowest BCUT2D eigenvalue weighted by Crippen LogP contribution is -2.21. The summed E-state index contributed by atoms with van der Waals surface area (Å²) in [5.74, 6) is 1.11. The summed E-state index contributed by atoms with van der Waals surface area (Å²) in [7, 11) is 0. The van der Waals surface area contributed by atoms with E-state index in [2.05, 4.69) is 27.7 Å².